The standard InChI is InChI=1S/C24H31N3O2/c28-23(26-19-24(11-6-12-24)22-9-2-1-3-10-22)25-17-20-7-4-5-8-21(20)18-27-13-15-29-16-14-27/h1-5,7-10H,6,11-19H2,(H2,25,26,28). The number of rotatable bonds is 7. The molecular formula is C24H31N3O2. The molecule has 1 saturated heterocycles. The van der Waals surface area contributed by atoms with E-state index in [2.05, 4.69) is 58.0 Å². The van der Waals surface area contributed by atoms with Crippen molar-refractivity contribution in [1.29, 1.82) is 0 Å². The Kier molecular flexibility index (Phi) is 6.47. The van der Waals surface area contributed by atoms with Gasteiger partial charge in [0.1, 0.15) is 0 Å². The molecule has 1 aliphatic carbocycles. The molecule has 0 atom stereocenters. The molecule has 5 heteroatoms. The number of amides is 2. The quantitative estimate of drug-likeness (QED) is 0.758. The lowest BCUT2D eigenvalue weighted by molar-refractivity contribution is 0.0341. The van der Waals surface area contributed by atoms with Gasteiger partial charge in [0.05, 0.1) is 13.2 Å². The summed E-state index contributed by atoms with van der Waals surface area (Å²) in [6.07, 6.45) is 3.51. The van der Waals surface area contributed by atoms with Gasteiger partial charge in [0.25, 0.3) is 0 Å². The average Bonchev–Trinajstić information content (AvgIpc) is 2.74. The molecule has 0 aromatic heterocycles. The molecule has 0 bridgehead atoms. The Hall–Kier alpha value is -2.37. The largest absolute Gasteiger partial charge is 0.379 e. The van der Waals surface area contributed by atoms with Gasteiger partial charge in [0.15, 0.2) is 0 Å². The number of nitrogens with one attached hydrogen (secondary N) is 2. The van der Waals surface area contributed by atoms with Crippen LogP contribution in [0.3, 0.4) is 0 Å². The summed E-state index contributed by atoms with van der Waals surface area (Å²) in [4.78, 5) is 14.9. The normalized spacial score (nSPS) is 18.6. The fourth-order valence-corrected chi connectivity index (χ4v) is 4.33. The average molecular weight is 394 g/mol. The maximum Gasteiger partial charge on any atom is 0.315 e. The number of urea groups is 1. The van der Waals surface area contributed by atoms with Crippen molar-refractivity contribution >= 4 is 6.03 Å². The van der Waals surface area contributed by atoms with Gasteiger partial charge in [-0.3, -0.25) is 4.90 Å². The summed E-state index contributed by atoms with van der Waals surface area (Å²) in [5.74, 6) is 0. The molecule has 1 aliphatic heterocycles. The zero-order valence-electron chi connectivity index (χ0n) is 17.0. The van der Waals surface area contributed by atoms with Gasteiger partial charge in [-0.1, -0.05) is 61.0 Å². The van der Waals surface area contributed by atoms with E-state index >= 15 is 0 Å². The Balaban J connectivity index is 1.30. The molecule has 0 spiro atoms. The van der Waals surface area contributed by atoms with Crippen molar-refractivity contribution in [2.24, 2.45) is 0 Å². The lowest BCUT2D eigenvalue weighted by atomic mass is 9.64. The van der Waals surface area contributed by atoms with Crippen LogP contribution < -0.4 is 10.6 Å². The number of hydrogen-bond donors (Lipinski definition) is 2. The first-order chi connectivity index (χ1) is 14.3. The van der Waals surface area contributed by atoms with Crippen LogP contribution in [0.1, 0.15) is 36.0 Å². The third-order valence-corrected chi connectivity index (χ3v) is 6.34. The molecule has 1 saturated carbocycles. The van der Waals surface area contributed by atoms with Gasteiger partial charge < -0.3 is 15.4 Å². The van der Waals surface area contributed by atoms with E-state index in [0.29, 0.717) is 13.1 Å². The monoisotopic (exact) mass is 393 g/mol. The first-order valence-corrected chi connectivity index (χ1v) is 10.7. The van der Waals surface area contributed by atoms with Gasteiger partial charge in [-0.2, -0.15) is 0 Å². The van der Waals surface area contributed by atoms with E-state index in [1.807, 2.05) is 12.1 Å². The number of benzene rings is 2. The Morgan fingerprint density at radius 2 is 1.62 bits per heavy atom. The van der Waals surface area contributed by atoms with E-state index in [-0.39, 0.29) is 11.4 Å². The molecule has 2 aliphatic rings. The van der Waals surface area contributed by atoms with Crippen LogP contribution in [0.25, 0.3) is 0 Å². The lowest BCUT2D eigenvalue weighted by Gasteiger charge is -2.42. The summed E-state index contributed by atoms with van der Waals surface area (Å²) in [6.45, 7) is 5.66. The van der Waals surface area contributed by atoms with Crippen LogP contribution in [-0.2, 0) is 23.2 Å². The maximum atomic E-state index is 12.5. The second-order valence-corrected chi connectivity index (χ2v) is 8.19. The first-order valence-electron chi connectivity index (χ1n) is 10.7. The zero-order valence-corrected chi connectivity index (χ0v) is 17.0. The predicted octanol–water partition coefficient (Wildman–Crippen LogP) is 3.44. The van der Waals surface area contributed by atoms with E-state index in [9.17, 15) is 4.79 Å². The molecule has 4 rings (SSSR count). The van der Waals surface area contributed by atoms with Crippen LogP contribution in [0.15, 0.2) is 54.6 Å². The molecule has 2 N–H and O–H groups in total. The summed E-state index contributed by atoms with van der Waals surface area (Å²) >= 11 is 0. The lowest BCUT2D eigenvalue weighted by Crippen LogP contribution is -2.48. The summed E-state index contributed by atoms with van der Waals surface area (Å²) in [7, 11) is 0. The minimum atomic E-state index is -0.0895. The fourth-order valence-electron chi connectivity index (χ4n) is 4.33. The molecule has 2 fully saturated rings. The van der Waals surface area contributed by atoms with Crippen LogP contribution in [0.2, 0.25) is 0 Å². The highest BCUT2D eigenvalue weighted by Crippen LogP contribution is 2.43. The maximum absolute atomic E-state index is 12.5. The van der Waals surface area contributed by atoms with E-state index < -0.39 is 0 Å². The Labute approximate surface area is 173 Å². The van der Waals surface area contributed by atoms with E-state index in [1.54, 1.807) is 0 Å². The van der Waals surface area contributed by atoms with Crippen LogP contribution in [-0.4, -0.2) is 43.8 Å². The molecule has 29 heavy (non-hydrogen) atoms. The third kappa shape index (κ3) is 4.98. The van der Waals surface area contributed by atoms with Gasteiger partial charge in [0, 0.05) is 38.1 Å². The molecule has 1 heterocycles. The summed E-state index contributed by atoms with van der Waals surface area (Å²) < 4.78 is 5.44. The Morgan fingerprint density at radius 1 is 0.931 bits per heavy atom. The molecule has 154 valence electrons. The van der Waals surface area contributed by atoms with Gasteiger partial charge >= 0.3 is 6.03 Å². The van der Waals surface area contributed by atoms with Crippen LogP contribution >= 0.6 is 0 Å². The topological polar surface area (TPSA) is 53.6 Å². The Morgan fingerprint density at radius 3 is 2.31 bits per heavy atom. The zero-order chi connectivity index (χ0) is 19.9. The molecule has 0 unspecified atom stereocenters. The Bertz CT molecular complexity index is 799. The van der Waals surface area contributed by atoms with Crippen molar-refractivity contribution in [2.45, 2.75) is 37.8 Å². The molecular weight excluding hydrogens is 362 g/mol. The smallest absolute Gasteiger partial charge is 0.315 e. The highest BCUT2D eigenvalue weighted by molar-refractivity contribution is 5.74. The second-order valence-electron chi connectivity index (χ2n) is 8.19. The van der Waals surface area contributed by atoms with E-state index in [4.69, 9.17) is 4.74 Å². The minimum Gasteiger partial charge on any atom is -0.379 e. The fraction of sp³-hybridized carbons (Fsp3) is 0.458. The van der Waals surface area contributed by atoms with E-state index in [0.717, 1.165) is 45.7 Å². The minimum absolute atomic E-state index is 0.0895. The number of morpholine rings is 1. The SMILES string of the molecule is O=C(NCc1ccccc1CN1CCOCC1)NCC1(c2ccccc2)CCC1. The molecule has 2 amide bonds. The highest BCUT2D eigenvalue weighted by atomic mass is 16.5. The van der Waals surface area contributed by atoms with Crippen LogP contribution in [0.4, 0.5) is 4.79 Å². The second kappa shape index (κ2) is 9.42. The third-order valence-electron chi connectivity index (χ3n) is 6.34. The van der Waals surface area contributed by atoms with Crippen molar-refractivity contribution in [3.05, 3.63) is 71.3 Å². The summed E-state index contributed by atoms with van der Waals surface area (Å²) in [5, 5.41) is 6.17. The number of nitrogens with zero attached hydrogens (tertiary/aromatic N) is 1. The number of carbonyl (C=O) groups is 1. The molecule has 2 aromatic rings. The summed E-state index contributed by atoms with van der Waals surface area (Å²) in [5.41, 5.74) is 3.89. The van der Waals surface area contributed by atoms with Gasteiger partial charge in [0.2, 0.25) is 0 Å². The molecule has 2 aromatic carbocycles. The number of hydrogen-bond acceptors (Lipinski definition) is 3. The number of carbonyl (C=O) groups excluding carboxylic acids is 1. The van der Waals surface area contributed by atoms with Crippen LogP contribution in [0, 0.1) is 0 Å². The molecule has 5 nitrogen and oxygen atoms in total. The van der Waals surface area contributed by atoms with Crippen molar-refractivity contribution in [3.8, 4) is 0 Å². The van der Waals surface area contributed by atoms with Crippen molar-refractivity contribution in [3.63, 3.8) is 0 Å². The molecule has 0 radical (unpaired) electrons. The highest BCUT2D eigenvalue weighted by Gasteiger charge is 2.38. The van der Waals surface area contributed by atoms with Crippen LogP contribution in [0.5, 0.6) is 0 Å². The predicted molar refractivity (Wildman–Crippen MR) is 115 cm³/mol. The van der Waals surface area contributed by atoms with E-state index in [1.165, 1.54) is 23.1 Å². The van der Waals surface area contributed by atoms with Crippen molar-refractivity contribution in [1.82, 2.24) is 15.5 Å². The van der Waals surface area contributed by atoms with Crippen molar-refractivity contribution in [2.75, 3.05) is 32.8 Å². The van der Waals surface area contributed by atoms with Gasteiger partial charge in [-0.15, -0.1) is 0 Å². The van der Waals surface area contributed by atoms with Gasteiger partial charge in [-0.05, 0) is 29.5 Å². The number of ether oxygens (including phenoxy) is 1. The first kappa shape index (κ1) is 19.9. The summed E-state index contributed by atoms with van der Waals surface area (Å²) in [6, 6.07) is 18.9. The van der Waals surface area contributed by atoms with Gasteiger partial charge in [-0.25, -0.2) is 4.79 Å². The van der Waals surface area contributed by atoms with Crippen molar-refractivity contribution < 1.29 is 9.53 Å².